The summed E-state index contributed by atoms with van der Waals surface area (Å²) in [6, 6.07) is 0. The highest BCUT2D eigenvalue weighted by molar-refractivity contribution is 7.88. The number of hydrogen-bond donors (Lipinski definition) is 5. The van der Waals surface area contributed by atoms with Crippen LogP contribution in [0.5, 0.6) is 0 Å². The van der Waals surface area contributed by atoms with Gasteiger partial charge in [-0.2, -0.15) is 13.3 Å². The molecule has 14 heteroatoms. The van der Waals surface area contributed by atoms with Crippen LogP contribution in [-0.4, -0.2) is 49.7 Å². The molecule has 0 amide bonds. The average Bonchev–Trinajstić information content (AvgIpc) is 1.96. The Labute approximate surface area is 94.9 Å². The predicted molar refractivity (Wildman–Crippen MR) is 53.9 cm³/mol. The van der Waals surface area contributed by atoms with Crippen molar-refractivity contribution in [3.8, 4) is 0 Å². The van der Waals surface area contributed by atoms with Crippen molar-refractivity contribution in [2.45, 2.75) is 10.7 Å². The lowest BCUT2D eigenvalue weighted by atomic mass is 10.5. The molecule has 0 saturated heterocycles. The maximum absolute atomic E-state index is 10.8. The highest BCUT2D eigenvalue weighted by Gasteiger charge is 2.53. The molecule has 0 spiro atoms. The molecule has 0 rings (SSSR count). The summed E-state index contributed by atoms with van der Waals surface area (Å²) in [5.41, 5.74) is 0. The lowest BCUT2D eigenvalue weighted by Crippen LogP contribution is -2.36. The third-order valence-electron chi connectivity index (χ3n) is 1.66. The summed E-state index contributed by atoms with van der Waals surface area (Å²) < 4.78 is 51.7. The van der Waals surface area contributed by atoms with Gasteiger partial charge in [-0.1, -0.05) is 5.18 Å². The van der Waals surface area contributed by atoms with E-state index in [9.17, 15) is 22.5 Å². The van der Waals surface area contributed by atoms with E-state index in [0.717, 1.165) is 0 Å². The highest BCUT2D eigenvalue weighted by Crippen LogP contribution is 2.62. The maximum atomic E-state index is 10.8. The van der Waals surface area contributed by atoms with Crippen LogP contribution in [0.2, 0.25) is 0 Å². The Hall–Kier alpha value is -0.190. The van der Waals surface area contributed by atoms with Gasteiger partial charge in [0.15, 0.2) is 5.40 Å². The van der Waals surface area contributed by atoms with Gasteiger partial charge >= 0.3 is 15.2 Å². The molecule has 0 aliphatic rings. The molecule has 0 radical (unpaired) electrons. The largest absolute Gasteiger partial charge is 0.342 e. The smallest absolute Gasteiger partial charge is 0.324 e. The Bertz CT molecular complexity index is 450. The van der Waals surface area contributed by atoms with Crippen LogP contribution in [0.3, 0.4) is 0 Å². The predicted octanol–water partition coefficient (Wildman–Crippen LogP) is -1.31. The highest BCUT2D eigenvalue weighted by atomic mass is 32.2. The van der Waals surface area contributed by atoms with E-state index in [4.69, 9.17) is 24.1 Å². The molecular formula is C3H9NO10P2S. The van der Waals surface area contributed by atoms with Crippen LogP contribution in [-0.2, 0) is 19.2 Å². The van der Waals surface area contributed by atoms with Gasteiger partial charge in [-0.3, -0.25) is 13.7 Å². The van der Waals surface area contributed by atoms with Crippen LogP contribution in [0, 0.1) is 4.91 Å². The molecule has 0 aliphatic heterocycles. The normalized spacial score (nSPS) is 15.9. The van der Waals surface area contributed by atoms with Crippen molar-refractivity contribution in [1.82, 2.24) is 0 Å². The standard InChI is InChI=1S/C3H9NO10P2S/c5-4-1-2(17(12,13)14)3(15(6,7)8)16(9,10)11/h2-3H,1H2,(H2,6,7,8)(H2,9,10,11)(H,12,13,14). The molecule has 0 fully saturated rings. The second-order valence-electron chi connectivity index (χ2n) is 2.96. The quantitative estimate of drug-likeness (QED) is 0.223. The van der Waals surface area contributed by atoms with Crippen LogP contribution >= 0.6 is 15.2 Å². The summed E-state index contributed by atoms with van der Waals surface area (Å²) in [5, 5.41) is -3.74. The van der Waals surface area contributed by atoms with E-state index >= 15 is 0 Å². The van der Waals surface area contributed by atoms with Gasteiger partial charge < -0.3 is 19.6 Å². The fraction of sp³-hybridized carbons (Fsp3) is 1.00. The Kier molecular flexibility index (Phi) is 5.15. The van der Waals surface area contributed by atoms with Gasteiger partial charge in [0.2, 0.25) is 0 Å². The summed E-state index contributed by atoms with van der Waals surface area (Å²) in [7, 11) is -16.4. The minimum Gasteiger partial charge on any atom is -0.324 e. The molecular weight excluding hydrogens is 304 g/mol. The second kappa shape index (κ2) is 5.21. The first-order chi connectivity index (χ1) is 7.31. The Morgan fingerprint density at radius 3 is 1.59 bits per heavy atom. The minimum atomic E-state index is -5.58. The van der Waals surface area contributed by atoms with Crippen molar-refractivity contribution in [3.05, 3.63) is 4.91 Å². The molecule has 102 valence electrons. The van der Waals surface area contributed by atoms with E-state index in [-0.39, 0.29) is 0 Å². The third-order valence-corrected chi connectivity index (χ3v) is 7.15. The van der Waals surface area contributed by atoms with E-state index in [1.165, 1.54) is 0 Å². The summed E-state index contributed by atoms with van der Waals surface area (Å²) in [6.45, 7) is -1.40. The molecule has 0 saturated carbocycles. The van der Waals surface area contributed by atoms with Crippen molar-refractivity contribution in [3.63, 3.8) is 0 Å². The first-order valence-corrected chi connectivity index (χ1v) is 8.54. The summed E-state index contributed by atoms with van der Waals surface area (Å²) in [6.07, 6.45) is 0. The Balaban J connectivity index is 5.82. The van der Waals surface area contributed by atoms with E-state index in [1.54, 1.807) is 0 Å². The summed E-state index contributed by atoms with van der Waals surface area (Å²) in [4.78, 5) is 44.6. The molecule has 0 aromatic rings. The van der Waals surface area contributed by atoms with E-state index in [2.05, 4.69) is 0 Å². The van der Waals surface area contributed by atoms with E-state index in [0.29, 0.717) is 0 Å². The van der Waals surface area contributed by atoms with Gasteiger partial charge in [-0.05, 0) is 0 Å². The van der Waals surface area contributed by atoms with Crippen LogP contribution in [0.1, 0.15) is 0 Å². The maximum Gasteiger partial charge on any atom is 0.342 e. The first-order valence-electron chi connectivity index (χ1n) is 3.67. The van der Waals surface area contributed by atoms with Crippen LogP contribution in [0.25, 0.3) is 0 Å². The molecule has 0 bridgehead atoms. The zero-order valence-corrected chi connectivity index (χ0v) is 10.5. The average molecular weight is 313 g/mol. The molecule has 11 nitrogen and oxygen atoms in total. The molecule has 0 aromatic heterocycles. The zero-order chi connectivity index (χ0) is 14.1. The van der Waals surface area contributed by atoms with Gasteiger partial charge in [-0.25, -0.2) is 0 Å². The van der Waals surface area contributed by atoms with Crippen molar-refractivity contribution in [2.24, 2.45) is 5.18 Å². The van der Waals surface area contributed by atoms with Gasteiger partial charge in [0.1, 0.15) is 11.8 Å². The van der Waals surface area contributed by atoms with Crippen molar-refractivity contribution in [1.29, 1.82) is 0 Å². The lowest BCUT2D eigenvalue weighted by molar-refractivity contribution is 0.332. The molecule has 0 heterocycles. The first kappa shape index (κ1) is 16.8. The minimum absolute atomic E-state index is 1.40. The molecule has 1 unspecified atom stereocenters. The Morgan fingerprint density at radius 1 is 1.06 bits per heavy atom. The number of nitroso groups, excluding NO2 is 1. The molecule has 1 atom stereocenters. The number of hydrogen-bond acceptors (Lipinski definition) is 6. The molecule has 0 aliphatic carbocycles. The number of nitrogens with zero attached hydrogens (tertiary/aromatic N) is 1. The fourth-order valence-corrected chi connectivity index (χ4v) is 6.10. The van der Waals surface area contributed by atoms with Crippen molar-refractivity contribution >= 4 is 25.3 Å². The monoisotopic (exact) mass is 313 g/mol. The second-order valence-corrected chi connectivity index (χ2v) is 8.47. The van der Waals surface area contributed by atoms with Gasteiger partial charge in [0.25, 0.3) is 10.1 Å². The number of rotatable bonds is 6. The fourth-order valence-electron chi connectivity index (χ4n) is 1.04. The van der Waals surface area contributed by atoms with Crippen LogP contribution in [0.15, 0.2) is 5.18 Å². The summed E-state index contributed by atoms with van der Waals surface area (Å²) >= 11 is 0. The van der Waals surface area contributed by atoms with Gasteiger partial charge in [0, 0.05) is 0 Å². The van der Waals surface area contributed by atoms with E-state index < -0.39 is 42.5 Å². The van der Waals surface area contributed by atoms with Crippen molar-refractivity contribution < 1.29 is 41.7 Å². The molecule has 5 N–H and O–H groups in total. The van der Waals surface area contributed by atoms with Crippen molar-refractivity contribution in [2.75, 3.05) is 6.54 Å². The topological polar surface area (TPSA) is 199 Å². The van der Waals surface area contributed by atoms with Gasteiger partial charge in [0.05, 0.1) is 0 Å². The lowest BCUT2D eigenvalue weighted by Gasteiger charge is -2.24. The Morgan fingerprint density at radius 2 is 1.41 bits per heavy atom. The van der Waals surface area contributed by atoms with Crippen LogP contribution in [0.4, 0.5) is 0 Å². The van der Waals surface area contributed by atoms with Crippen LogP contribution < -0.4 is 0 Å². The SMILES string of the molecule is O=NCC(C(P(=O)(O)O)P(=O)(O)O)S(=O)(=O)O. The zero-order valence-electron chi connectivity index (χ0n) is 7.89. The van der Waals surface area contributed by atoms with Gasteiger partial charge in [-0.15, -0.1) is 0 Å². The molecule has 17 heavy (non-hydrogen) atoms. The van der Waals surface area contributed by atoms with E-state index in [1.807, 2.05) is 5.18 Å². The summed E-state index contributed by atoms with van der Waals surface area (Å²) in [5.74, 6) is 0. The molecule has 0 aromatic carbocycles. The third kappa shape index (κ3) is 4.90.